The molecule has 2 aromatic rings. The fraction of sp³-hybridized carbons (Fsp3) is 0.500. The summed E-state index contributed by atoms with van der Waals surface area (Å²) < 4.78 is 0. The number of aromatic nitrogens is 2. The van der Waals surface area contributed by atoms with Crippen molar-refractivity contribution in [3.63, 3.8) is 0 Å². The summed E-state index contributed by atoms with van der Waals surface area (Å²) in [6.45, 7) is 4.50. The molecule has 1 saturated heterocycles. The van der Waals surface area contributed by atoms with Gasteiger partial charge >= 0.3 is 0 Å². The lowest BCUT2D eigenvalue weighted by molar-refractivity contribution is 0.282. The number of anilines is 2. The average Bonchev–Trinajstić information content (AvgIpc) is 3.18. The van der Waals surface area contributed by atoms with Crippen LogP contribution in [-0.4, -0.2) is 28.4 Å². The van der Waals surface area contributed by atoms with Crippen LogP contribution in [0.5, 0.6) is 5.75 Å². The van der Waals surface area contributed by atoms with E-state index in [1.807, 2.05) is 24.3 Å². The van der Waals surface area contributed by atoms with E-state index in [9.17, 15) is 5.11 Å². The minimum atomic E-state index is 0.219. The van der Waals surface area contributed by atoms with Crippen molar-refractivity contribution >= 4 is 11.5 Å². The number of nitrogens with zero attached hydrogens (tertiary/aromatic N) is 3. The molecule has 2 aliphatic carbocycles. The SMILES string of the molecule is C[C@H]1CCN(c2cc(-c3ccccc3O)nnc2N)C[C@@H]2C[C@@H]3C2C31. The zero-order valence-electron chi connectivity index (χ0n) is 14.5. The summed E-state index contributed by atoms with van der Waals surface area (Å²) in [5, 5.41) is 18.5. The van der Waals surface area contributed by atoms with Crippen LogP contribution in [0.1, 0.15) is 19.8 Å². The molecule has 5 heteroatoms. The molecule has 1 aromatic heterocycles. The molecule has 130 valence electrons. The number of hydrogen-bond donors (Lipinski definition) is 2. The number of benzene rings is 1. The molecule has 5 atom stereocenters. The standard InChI is InChI=1S/C20H24N4O/c1-11-6-7-24(10-12-8-14-18(11)19(12)14)16-9-15(22-23-20(16)21)13-4-2-3-5-17(13)25/h2-5,9,11-12,14,18-19,25H,6-8,10H2,1H3,(H2,21,23)/t11-,12-,14-,18?,19?/m0/s1. The predicted octanol–water partition coefficient (Wildman–Crippen LogP) is 3.16. The molecule has 0 radical (unpaired) electrons. The Morgan fingerprint density at radius 2 is 2.04 bits per heavy atom. The van der Waals surface area contributed by atoms with E-state index in [2.05, 4.69) is 22.0 Å². The number of phenolic OH excluding ortho intramolecular Hbond substituents is 1. The van der Waals surface area contributed by atoms with Crippen molar-refractivity contribution in [2.75, 3.05) is 23.7 Å². The Hall–Kier alpha value is -2.30. The molecule has 2 saturated carbocycles. The van der Waals surface area contributed by atoms with Gasteiger partial charge in [0.05, 0.1) is 11.4 Å². The Morgan fingerprint density at radius 1 is 1.20 bits per heavy atom. The van der Waals surface area contributed by atoms with Crippen LogP contribution in [0.25, 0.3) is 11.3 Å². The maximum Gasteiger partial charge on any atom is 0.169 e. The van der Waals surface area contributed by atoms with Gasteiger partial charge in [-0.2, -0.15) is 0 Å². The highest BCUT2D eigenvalue weighted by atomic mass is 16.3. The van der Waals surface area contributed by atoms with Crippen LogP contribution in [0, 0.1) is 29.6 Å². The summed E-state index contributed by atoms with van der Waals surface area (Å²) >= 11 is 0. The van der Waals surface area contributed by atoms with Crippen LogP contribution in [0.4, 0.5) is 11.5 Å². The van der Waals surface area contributed by atoms with Crippen molar-refractivity contribution in [1.29, 1.82) is 0 Å². The number of rotatable bonds is 2. The summed E-state index contributed by atoms with van der Waals surface area (Å²) in [7, 11) is 0. The van der Waals surface area contributed by atoms with Crippen LogP contribution in [0.2, 0.25) is 0 Å². The Morgan fingerprint density at radius 3 is 2.88 bits per heavy atom. The smallest absolute Gasteiger partial charge is 0.169 e. The number of aromatic hydroxyl groups is 1. The second kappa shape index (κ2) is 5.35. The third-order valence-electron chi connectivity index (χ3n) is 6.70. The zero-order chi connectivity index (χ0) is 17.1. The summed E-state index contributed by atoms with van der Waals surface area (Å²) in [5.41, 5.74) is 8.52. The monoisotopic (exact) mass is 336 g/mol. The molecule has 0 amide bonds. The van der Waals surface area contributed by atoms with Crippen LogP contribution in [0.15, 0.2) is 30.3 Å². The van der Waals surface area contributed by atoms with Crippen molar-refractivity contribution in [1.82, 2.24) is 10.2 Å². The Kier molecular flexibility index (Phi) is 3.21. The van der Waals surface area contributed by atoms with Crippen molar-refractivity contribution in [2.24, 2.45) is 29.6 Å². The van der Waals surface area contributed by atoms with Crippen molar-refractivity contribution < 1.29 is 5.11 Å². The van der Waals surface area contributed by atoms with Gasteiger partial charge in [-0.1, -0.05) is 19.1 Å². The molecule has 5 rings (SSSR count). The molecule has 0 spiro atoms. The fourth-order valence-electron chi connectivity index (χ4n) is 5.33. The van der Waals surface area contributed by atoms with Crippen molar-refractivity contribution in [2.45, 2.75) is 19.8 Å². The molecule has 1 aliphatic heterocycles. The molecular formula is C20H24N4O. The molecule has 3 fully saturated rings. The highest BCUT2D eigenvalue weighted by Gasteiger charge is 2.64. The van der Waals surface area contributed by atoms with Crippen LogP contribution < -0.4 is 10.6 Å². The lowest BCUT2D eigenvalue weighted by atomic mass is 9.84. The zero-order valence-corrected chi connectivity index (χ0v) is 14.5. The molecule has 3 aliphatic rings. The van der Waals surface area contributed by atoms with Crippen molar-refractivity contribution in [3.05, 3.63) is 30.3 Å². The van der Waals surface area contributed by atoms with Gasteiger partial charge in [0.1, 0.15) is 5.75 Å². The number of hydrogen-bond acceptors (Lipinski definition) is 5. The van der Waals surface area contributed by atoms with Gasteiger partial charge in [-0.15, -0.1) is 10.2 Å². The van der Waals surface area contributed by atoms with Gasteiger partial charge in [0.25, 0.3) is 0 Å². The Bertz CT molecular complexity index is 821. The molecular weight excluding hydrogens is 312 g/mol. The minimum Gasteiger partial charge on any atom is -0.507 e. The maximum atomic E-state index is 10.1. The molecule has 1 aromatic carbocycles. The van der Waals surface area contributed by atoms with E-state index in [4.69, 9.17) is 5.73 Å². The molecule has 0 bridgehead atoms. The lowest BCUT2D eigenvalue weighted by Crippen LogP contribution is -2.37. The Labute approximate surface area is 147 Å². The maximum absolute atomic E-state index is 10.1. The highest BCUT2D eigenvalue weighted by molar-refractivity contribution is 5.74. The first-order chi connectivity index (χ1) is 12.1. The fourth-order valence-corrected chi connectivity index (χ4v) is 5.33. The minimum absolute atomic E-state index is 0.219. The first kappa shape index (κ1) is 15.0. The number of nitrogen functional groups attached to an aromatic ring is 1. The van der Waals surface area contributed by atoms with Gasteiger partial charge in [-0.3, -0.25) is 0 Å². The number of fused-ring (bicyclic) bond motifs is 1. The van der Waals surface area contributed by atoms with E-state index in [-0.39, 0.29) is 5.75 Å². The van der Waals surface area contributed by atoms with Gasteiger partial charge in [-0.25, -0.2) is 0 Å². The van der Waals surface area contributed by atoms with Gasteiger partial charge in [-0.05, 0) is 60.6 Å². The molecule has 2 heterocycles. The summed E-state index contributed by atoms with van der Waals surface area (Å²) in [4.78, 5) is 2.40. The van der Waals surface area contributed by atoms with E-state index in [1.54, 1.807) is 6.07 Å². The second-order valence-corrected chi connectivity index (χ2v) is 8.04. The van der Waals surface area contributed by atoms with Gasteiger partial charge in [0.15, 0.2) is 5.82 Å². The average molecular weight is 336 g/mol. The van der Waals surface area contributed by atoms with Crippen molar-refractivity contribution in [3.8, 4) is 17.0 Å². The largest absolute Gasteiger partial charge is 0.507 e. The topological polar surface area (TPSA) is 75.3 Å². The van der Waals surface area contributed by atoms with E-state index in [0.717, 1.165) is 48.4 Å². The molecule has 5 nitrogen and oxygen atoms in total. The first-order valence-corrected chi connectivity index (χ1v) is 9.30. The summed E-state index contributed by atoms with van der Waals surface area (Å²) in [6.07, 6.45) is 2.58. The summed E-state index contributed by atoms with van der Waals surface area (Å²) in [5.74, 6) is 5.25. The number of nitrogens with two attached hydrogens (primary N) is 1. The van der Waals surface area contributed by atoms with Gasteiger partial charge < -0.3 is 15.7 Å². The van der Waals surface area contributed by atoms with Crippen LogP contribution >= 0.6 is 0 Å². The molecule has 3 N–H and O–H groups in total. The third kappa shape index (κ3) is 2.29. The number of phenols is 1. The van der Waals surface area contributed by atoms with E-state index in [1.165, 1.54) is 12.8 Å². The lowest BCUT2D eigenvalue weighted by Gasteiger charge is -2.35. The number of para-hydroxylation sites is 1. The summed E-state index contributed by atoms with van der Waals surface area (Å²) in [6, 6.07) is 9.23. The molecule has 25 heavy (non-hydrogen) atoms. The normalized spacial score (nSPS) is 33.0. The first-order valence-electron chi connectivity index (χ1n) is 9.30. The quantitative estimate of drug-likeness (QED) is 0.881. The van der Waals surface area contributed by atoms with Gasteiger partial charge in [0.2, 0.25) is 0 Å². The second-order valence-electron chi connectivity index (χ2n) is 8.04. The van der Waals surface area contributed by atoms with E-state index in [0.29, 0.717) is 17.1 Å². The molecule has 2 unspecified atom stereocenters. The Balaban J connectivity index is 1.48. The van der Waals surface area contributed by atoms with Crippen LogP contribution in [0.3, 0.4) is 0 Å². The third-order valence-corrected chi connectivity index (χ3v) is 6.70. The highest BCUT2D eigenvalue weighted by Crippen LogP contribution is 2.68. The van der Waals surface area contributed by atoms with E-state index >= 15 is 0 Å². The van der Waals surface area contributed by atoms with Crippen LogP contribution in [-0.2, 0) is 0 Å². The predicted molar refractivity (Wildman–Crippen MR) is 98.1 cm³/mol. The van der Waals surface area contributed by atoms with Gasteiger partial charge in [0, 0.05) is 18.7 Å². The van der Waals surface area contributed by atoms with E-state index < -0.39 is 0 Å².